The maximum atomic E-state index is 10.3. The molecule has 0 radical (unpaired) electrons. The third kappa shape index (κ3) is 31.8. The monoisotopic (exact) mass is 215 g/mol. The van der Waals surface area contributed by atoms with Gasteiger partial charge in [0.25, 0.3) is 0 Å². The number of nitrogens with two attached hydrogens (primary N) is 1. The Balaban J connectivity index is 0. The first-order valence-corrected chi connectivity index (χ1v) is 6.29. The van der Waals surface area contributed by atoms with Crippen LogP contribution in [0.1, 0.15) is 72.6 Å². The summed E-state index contributed by atoms with van der Waals surface area (Å²) in [5.74, 6) is 0.667. The van der Waals surface area contributed by atoms with Crippen LogP contribution in [0.2, 0.25) is 0 Å². The van der Waals surface area contributed by atoms with E-state index in [0.717, 1.165) is 18.8 Å². The normalized spacial score (nSPS) is 9.67. The van der Waals surface area contributed by atoms with E-state index in [4.69, 9.17) is 5.73 Å². The summed E-state index contributed by atoms with van der Waals surface area (Å²) in [4.78, 5) is 10.3. The van der Waals surface area contributed by atoms with Crippen LogP contribution in [0, 0.1) is 5.92 Å². The van der Waals surface area contributed by atoms with E-state index in [9.17, 15) is 4.79 Å². The number of unbranched alkanes of at least 4 members (excludes halogenated alkanes) is 5. The number of hydrogen-bond donors (Lipinski definition) is 1. The van der Waals surface area contributed by atoms with Crippen molar-refractivity contribution in [1.82, 2.24) is 0 Å². The second-order valence-electron chi connectivity index (χ2n) is 4.72. The second-order valence-corrected chi connectivity index (χ2v) is 4.72. The Hall–Kier alpha value is -0.530. The molecule has 0 unspecified atom stereocenters. The van der Waals surface area contributed by atoms with E-state index in [-0.39, 0.29) is 5.91 Å². The molecule has 0 aliphatic heterocycles. The molecule has 2 nitrogen and oxygen atoms in total. The summed E-state index contributed by atoms with van der Waals surface area (Å²) in [6.45, 7) is 8.70. The highest BCUT2D eigenvalue weighted by Crippen LogP contribution is 2.05. The number of primary amides is 1. The zero-order valence-electron chi connectivity index (χ0n) is 11.0. The number of rotatable bonds is 7. The largest absolute Gasteiger partial charge is 0.370 e. The molecule has 0 rings (SSSR count). The molecule has 15 heavy (non-hydrogen) atoms. The number of amides is 1. The van der Waals surface area contributed by atoms with Gasteiger partial charge in [-0.05, 0) is 12.3 Å². The molecule has 92 valence electrons. The van der Waals surface area contributed by atoms with Crippen molar-refractivity contribution in [3.63, 3.8) is 0 Å². The Kier molecular flexibility index (Phi) is 15.2. The molecule has 0 aromatic rings. The smallest absolute Gasteiger partial charge is 0.217 e. The molecular weight excluding hydrogens is 186 g/mol. The Morgan fingerprint density at radius 3 is 1.80 bits per heavy atom. The standard InChI is InChI=1S/C9H19NO.C4H10/c1-2-3-4-5-6-7-8-9(10)11;1-4(2)3/h2-8H2,1H3,(H2,10,11);4H,1-3H3. The minimum Gasteiger partial charge on any atom is -0.370 e. The fraction of sp³-hybridized carbons (Fsp3) is 0.923. The lowest BCUT2D eigenvalue weighted by molar-refractivity contribution is -0.118. The molecule has 0 spiro atoms. The van der Waals surface area contributed by atoms with E-state index in [1.165, 1.54) is 25.7 Å². The van der Waals surface area contributed by atoms with Gasteiger partial charge in [-0.3, -0.25) is 4.79 Å². The quantitative estimate of drug-likeness (QED) is 0.643. The Morgan fingerprint density at radius 1 is 1.00 bits per heavy atom. The van der Waals surface area contributed by atoms with Crippen molar-refractivity contribution in [2.24, 2.45) is 11.7 Å². The van der Waals surface area contributed by atoms with Crippen molar-refractivity contribution in [3.05, 3.63) is 0 Å². The van der Waals surface area contributed by atoms with Gasteiger partial charge in [0, 0.05) is 6.42 Å². The van der Waals surface area contributed by atoms with Gasteiger partial charge in [0.2, 0.25) is 5.91 Å². The molecule has 0 saturated carbocycles. The summed E-state index contributed by atoms with van der Waals surface area (Å²) in [5.41, 5.74) is 4.99. The van der Waals surface area contributed by atoms with Crippen molar-refractivity contribution < 1.29 is 4.79 Å². The van der Waals surface area contributed by atoms with Crippen molar-refractivity contribution >= 4 is 5.91 Å². The van der Waals surface area contributed by atoms with Crippen LogP contribution in [0.4, 0.5) is 0 Å². The van der Waals surface area contributed by atoms with Gasteiger partial charge in [0.05, 0.1) is 0 Å². The van der Waals surface area contributed by atoms with Gasteiger partial charge in [-0.2, -0.15) is 0 Å². The van der Waals surface area contributed by atoms with Gasteiger partial charge >= 0.3 is 0 Å². The number of carbonyl (C=O) groups excluding carboxylic acids is 1. The van der Waals surface area contributed by atoms with Gasteiger partial charge in [0.1, 0.15) is 0 Å². The minimum atomic E-state index is -0.166. The van der Waals surface area contributed by atoms with E-state index in [1.54, 1.807) is 0 Å². The lowest BCUT2D eigenvalue weighted by atomic mass is 10.1. The summed E-state index contributed by atoms with van der Waals surface area (Å²) in [6.07, 6.45) is 7.83. The molecule has 0 heterocycles. The van der Waals surface area contributed by atoms with Crippen LogP contribution in [0.5, 0.6) is 0 Å². The SMILES string of the molecule is CC(C)C.CCCCCCCCC(N)=O. The van der Waals surface area contributed by atoms with E-state index >= 15 is 0 Å². The van der Waals surface area contributed by atoms with Crippen molar-refractivity contribution in [1.29, 1.82) is 0 Å². The fourth-order valence-electron chi connectivity index (χ4n) is 1.08. The van der Waals surface area contributed by atoms with Crippen molar-refractivity contribution in [3.8, 4) is 0 Å². The third-order valence-corrected chi connectivity index (χ3v) is 1.78. The molecule has 0 aliphatic rings. The summed E-state index contributed by atoms with van der Waals surface area (Å²) in [5, 5.41) is 0. The molecule has 0 bridgehead atoms. The summed E-state index contributed by atoms with van der Waals surface area (Å²) in [6, 6.07) is 0. The number of hydrogen-bond acceptors (Lipinski definition) is 1. The zero-order chi connectivity index (χ0) is 12.1. The van der Waals surface area contributed by atoms with Crippen LogP contribution in [-0.2, 0) is 4.79 Å². The Labute approximate surface area is 95.6 Å². The van der Waals surface area contributed by atoms with E-state index in [0.29, 0.717) is 6.42 Å². The molecule has 0 aromatic carbocycles. The molecule has 0 fully saturated rings. The third-order valence-electron chi connectivity index (χ3n) is 1.78. The van der Waals surface area contributed by atoms with Crippen molar-refractivity contribution in [2.75, 3.05) is 0 Å². The summed E-state index contributed by atoms with van der Waals surface area (Å²) in [7, 11) is 0. The molecule has 0 saturated heterocycles. The first kappa shape index (κ1) is 16.9. The van der Waals surface area contributed by atoms with Crippen LogP contribution in [-0.4, -0.2) is 5.91 Å². The van der Waals surface area contributed by atoms with E-state index in [2.05, 4.69) is 27.7 Å². The predicted octanol–water partition coefficient (Wildman–Crippen LogP) is 3.88. The molecule has 2 N–H and O–H groups in total. The van der Waals surface area contributed by atoms with Crippen molar-refractivity contribution in [2.45, 2.75) is 72.6 Å². The molecule has 0 aliphatic carbocycles. The molecule has 0 aromatic heterocycles. The highest BCUT2D eigenvalue weighted by Gasteiger charge is 1.93. The first-order valence-electron chi connectivity index (χ1n) is 6.29. The summed E-state index contributed by atoms with van der Waals surface area (Å²) < 4.78 is 0. The van der Waals surface area contributed by atoms with Crippen LogP contribution in [0.3, 0.4) is 0 Å². The second kappa shape index (κ2) is 13.5. The molecular formula is C13H29NO. The van der Waals surface area contributed by atoms with Gasteiger partial charge in [-0.25, -0.2) is 0 Å². The van der Waals surface area contributed by atoms with Crippen LogP contribution in [0.15, 0.2) is 0 Å². The summed E-state index contributed by atoms with van der Waals surface area (Å²) >= 11 is 0. The van der Waals surface area contributed by atoms with Gasteiger partial charge < -0.3 is 5.73 Å². The average Bonchev–Trinajstić information content (AvgIpc) is 2.09. The predicted molar refractivity (Wildman–Crippen MR) is 67.7 cm³/mol. The maximum Gasteiger partial charge on any atom is 0.217 e. The first-order chi connectivity index (χ1) is 7.00. The maximum absolute atomic E-state index is 10.3. The van der Waals surface area contributed by atoms with Crippen LogP contribution >= 0.6 is 0 Å². The molecule has 0 atom stereocenters. The van der Waals surface area contributed by atoms with Gasteiger partial charge in [-0.1, -0.05) is 59.8 Å². The highest BCUT2D eigenvalue weighted by atomic mass is 16.1. The minimum absolute atomic E-state index is 0.166. The Morgan fingerprint density at radius 2 is 1.40 bits per heavy atom. The van der Waals surface area contributed by atoms with Crippen LogP contribution in [0.25, 0.3) is 0 Å². The lowest BCUT2D eigenvalue weighted by Gasteiger charge is -1.97. The van der Waals surface area contributed by atoms with Crippen LogP contribution < -0.4 is 5.73 Å². The fourth-order valence-corrected chi connectivity index (χ4v) is 1.08. The van der Waals surface area contributed by atoms with E-state index < -0.39 is 0 Å². The number of carbonyl (C=O) groups is 1. The van der Waals surface area contributed by atoms with Gasteiger partial charge in [-0.15, -0.1) is 0 Å². The zero-order valence-corrected chi connectivity index (χ0v) is 11.0. The van der Waals surface area contributed by atoms with E-state index in [1.807, 2.05) is 0 Å². The lowest BCUT2D eigenvalue weighted by Crippen LogP contribution is -2.09. The Bertz CT molecular complexity index is 130. The van der Waals surface area contributed by atoms with Gasteiger partial charge in [0.15, 0.2) is 0 Å². The average molecular weight is 215 g/mol. The highest BCUT2D eigenvalue weighted by molar-refractivity contribution is 5.73. The topological polar surface area (TPSA) is 43.1 Å². The molecule has 2 heteroatoms. The molecule has 1 amide bonds.